The van der Waals surface area contributed by atoms with Crippen molar-refractivity contribution in [1.29, 1.82) is 0 Å². The third-order valence-corrected chi connectivity index (χ3v) is 5.41. The number of para-hydroxylation sites is 1. The van der Waals surface area contributed by atoms with Crippen LogP contribution in [0.2, 0.25) is 0 Å². The summed E-state index contributed by atoms with van der Waals surface area (Å²) in [6.07, 6.45) is 2.99. The molecule has 2 N–H and O–H groups in total. The topological polar surface area (TPSA) is 99.6 Å². The number of pyridine rings is 1. The lowest BCUT2D eigenvalue weighted by atomic mass is 9.94. The molecule has 3 rings (SSSR count). The molecule has 0 radical (unpaired) electrons. The van der Waals surface area contributed by atoms with Gasteiger partial charge < -0.3 is 10.0 Å². The molecule has 0 unspecified atom stereocenters. The van der Waals surface area contributed by atoms with E-state index < -0.39 is 16.1 Å². The van der Waals surface area contributed by atoms with Gasteiger partial charge >= 0.3 is 0 Å². The molecule has 2 aromatic rings. The maximum Gasteiger partial charge on any atom is 0.223 e. The van der Waals surface area contributed by atoms with Gasteiger partial charge in [-0.05, 0) is 24.1 Å². The van der Waals surface area contributed by atoms with Gasteiger partial charge in [0.15, 0.2) is 0 Å². The largest absolute Gasteiger partial charge is 0.391 e. The Morgan fingerprint density at radius 3 is 2.85 bits per heavy atom. The molecular weight excluding hydrogens is 354 g/mol. The molecule has 1 aromatic heterocycles. The predicted molar refractivity (Wildman–Crippen MR) is 99.0 cm³/mol. The molecule has 1 aliphatic heterocycles. The van der Waals surface area contributed by atoms with E-state index >= 15 is 0 Å². The van der Waals surface area contributed by atoms with Gasteiger partial charge in [-0.1, -0.05) is 18.2 Å². The first kappa shape index (κ1) is 18.8. The van der Waals surface area contributed by atoms with Crippen LogP contribution in [0, 0.1) is 5.92 Å². The second-order valence-corrected chi connectivity index (χ2v) is 8.57. The van der Waals surface area contributed by atoms with E-state index in [4.69, 9.17) is 0 Å². The normalized spacial score (nSPS) is 20.6. The maximum atomic E-state index is 12.3. The van der Waals surface area contributed by atoms with Gasteiger partial charge in [0, 0.05) is 43.6 Å². The fourth-order valence-corrected chi connectivity index (χ4v) is 3.85. The number of aliphatic hydroxyl groups is 1. The highest BCUT2D eigenvalue weighted by molar-refractivity contribution is 7.88. The number of sulfonamides is 1. The summed E-state index contributed by atoms with van der Waals surface area (Å²) in [5, 5.41) is 11.4. The highest BCUT2D eigenvalue weighted by atomic mass is 32.2. The summed E-state index contributed by atoms with van der Waals surface area (Å²) in [6, 6.07) is 9.82. The quantitative estimate of drug-likeness (QED) is 0.765. The van der Waals surface area contributed by atoms with Crippen LogP contribution in [0.3, 0.4) is 0 Å². The van der Waals surface area contributed by atoms with E-state index in [1.165, 1.54) is 0 Å². The second kappa shape index (κ2) is 7.69. The Hall–Kier alpha value is -2.03. The highest BCUT2D eigenvalue weighted by Gasteiger charge is 2.34. The van der Waals surface area contributed by atoms with E-state index in [2.05, 4.69) is 9.71 Å². The lowest BCUT2D eigenvalue weighted by Gasteiger charge is -2.16. The van der Waals surface area contributed by atoms with Crippen molar-refractivity contribution in [2.75, 3.05) is 25.9 Å². The van der Waals surface area contributed by atoms with Crippen LogP contribution < -0.4 is 4.72 Å². The maximum absolute atomic E-state index is 12.3. The van der Waals surface area contributed by atoms with Crippen molar-refractivity contribution < 1.29 is 18.3 Å². The molecule has 1 aliphatic rings. The first-order valence-corrected chi connectivity index (χ1v) is 10.5. The minimum absolute atomic E-state index is 0.0485. The Morgan fingerprint density at radius 2 is 2.08 bits per heavy atom. The van der Waals surface area contributed by atoms with Gasteiger partial charge in [0.05, 0.1) is 17.9 Å². The first-order valence-electron chi connectivity index (χ1n) is 8.56. The summed E-state index contributed by atoms with van der Waals surface area (Å²) >= 11 is 0. The molecule has 2 heterocycles. The average molecular weight is 377 g/mol. The number of nitrogens with zero attached hydrogens (tertiary/aromatic N) is 2. The molecule has 1 saturated heterocycles. The minimum atomic E-state index is -3.30. The van der Waals surface area contributed by atoms with E-state index in [9.17, 15) is 18.3 Å². The number of hydrogen-bond donors (Lipinski definition) is 2. The molecule has 140 valence electrons. The number of fused-ring (bicyclic) bond motifs is 1. The third kappa shape index (κ3) is 4.57. The number of aromatic nitrogens is 1. The van der Waals surface area contributed by atoms with Gasteiger partial charge in [0.1, 0.15) is 0 Å². The van der Waals surface area contributed by atoms with Gasteiger partial charge in [-0.2, -0.15) is 0 Å². The number of hydrogen-bond acceptors (Lipinski definition) is 5. The number of aliphatic hydroxyl groups excluding tert-OH is 1. The van der Waals surface area contributed by atoms with Crippen molar-refractivity contribution in [2.45, 2.75) is 18.9 Å². The summed E-state index contributed by atoms with van der Waals surface area (Å²) in [5.41, 5.74) is 2.02. The second-order valence-electron chi connectivity index (χ2n) is 6.73. The van der Waals surface area contributed by atoms with Crippen molar-refractivity contribution in [2.24, 2.45) is 5.92 Å². The number of benzene rings is 1. The molecule has 1 aromatic carbocycles. The summed E-state index contributed by atoms with van der Waals surface area (Å²) in [7, 11) is -3.30. The Balaban J connectivity index is 1.62. The molecular formula is C18H23N3O4S. The molecule has 0 spiro atoms. The van der Waals surface area contributed by atoms with Crippen molar-refractivity contribution in [1.82, 2.24) is 14.6 Å². The minimum Gasteiger partial charge on any atom is -0.391 e. The van der Waals surface area contributed by atoms with Gasteiger partial charge in [-0.25, -0.2) is 13.1 Å². The van der Waals surface area contributed by atoms with Crippen LogP contribution in [-0.4, -0.2) is 61.3 Å². The van der Waals surface area contributed by atoms with Crippen LogP contribution >= 0.6 is 0 Å². The van der Waals surface area contributed by atoms with Gasteiger partial charge in [-0.3, -0.25) is 9.78 Å². The first-order chi connectivity index (χ1) is 12.3. The fourth-order valence-electron chi connectivity index (χ4n) is 3.38. The van der Waals surface area contributed by atoms with E-state index in [1.54, 1.807) is 11.1 Å². The van der Waals surface area contributed by atoms with Crippen LogP contribution in [0.15, 0.2) is 36.5 Å². The standard InChI is InChI=1S/C18H23N3O4S/c1-26(24,25)20-9-7-18(23)21-11-14(17(22)12-21)10-13-6-8-19-16-5-3-2-4-15(13)16/h2-6,8,14,17,20,22H,7,9-12H2,1H3/t14-,17-/m1/s1. The van der Waals surface area contributed by atoms with Crippen molar-refractivity contribution in [3.8, 4) is 0 Å². The van der Waals surface area contributed by atoms with E-state index in [0.717, 1.165) is 22.7 Å². The zero-order valence-electron chi connectivity index (χ0n) is 14.6. The SMILES string of the molecule is CS(=O)(=O)NCCC(=O)N1C[C@@H](Cc2ccnc3ccccc23)[C@H](O)C1. The van der Waals surface area contributed by atoms with Crippen molar-refractivity contribution >= 4 is 26.8 Å². The Labute approximate surface area is 153 Å². The Kier molecular flexibility index (Phi) is 5.55. The predicted octanol–water partition coefficient (Wildman–Crippen LogP) is 0.536. The molecule has 26 heavy (non-hydrogen) atoms. The van der Waals surface area contributed by atoms with Crippen molar-refractivity contribution in [3.05, 3.63) is 42.1 Å². The zero-order chi connectivity index (χ0) is 18.7. The number of β-amino-alcohol motifs (C(OH)–C–C–N with tert-alkyl or cyclic N) is 1. The molecule has 0 aliphatic carbocycles. The monoisotopic (exact) mass is 377 g/mol. The van der Waals surface area contributed by atoms with Gasteiger partial charge in [0.25, 0.3) is 0 Å². The summed E-state index contributed by atoms with van der Waals surface area (Å²) in [6.45, 7) is 0.824. The summed E-state index contributed by atoms with van der Waals surface area (Å²) in [5.74, 6) is -0.199. The number of amides is 1. The van der Waals surface area contributed by atoms with E-state index in [-0.39, 0.29) is 31.3 Å². The van der Waals surface area contributed by atoms with Crippen LogP contribution in [0.1, 0.15) is 12.0 Å². The Morgan fingerprint density at radius 1 is 1.31 bits per heavy atom. The average Bonchev–Trinajstić information content (AvgIpc) is 2.95. The van der Waals surface area contributed by atoms with E-state index in [1.807, 2.05) is 30.3 Å². The van der Waals surface area contributed by atoms with Gasteiger partial charge in [-0.15, -0.1) is 0 Å². The molecule has 0 saturated carbocycles. The molecule has 7 nitrogen and oxygen atoms in total. The van der Waals surface area contributed by atoms with Crippen LogP contribution in [0.25, 0.3) is 10.9 Å². The molecule has 1 amide bonds. The van der Waals surface area contributed by atoms with Crippen molar-refractivity contribution in [3.63, 3.8) is 0 Å². The fraction of sp³-hybridized carbons (Fsp3) is 0.444. The molecule has 1 fully saturated rings. The van der Waals surface area contributed by atoms with Gasteiger partial charge in [0.2, 0.25) is 15.9 Å². The number of likely N-dealkylation sites (tertiary alicyclic amines) is 1. The number of nitrogens with one attached hydrogen (secondary N) is 1. The molecule has 2 atom stereocenters. The lowest BCUT2D eigenvalue weighted by molar-refractivity contribution is -0.130. The number of carbonyl (C=O) groups is 1. The number of rotatable bonds is 6. The highest BCUT2D eigenvalue weighted by Crippen LogP contribution is 2.25. The summed E-state index contributed by atoms with van der Waals surface area (Å²) in [4.78, 5) is 18.2. The number of carbonyl (C=O) groups excluding carboxylic acids is 1. The third-order valence-electron chi connectivity index (χ3n) is 4.68. The zero-order valence-corrected chi connectivity index (χ0v) is 15.4. The molecule has 0 bridgehead atoms. The smallest absolute Gasteiger partial charge is 0.223 e. The lowest BCUT2D eigenvalue weighted by Crippen LogP contribution is -2.33. The van der Waals surface area contributed by atoms with Crippen LogP contribution in [-0.2, 0) is 21.2 Å². The Bertz CT molecular complexity index is 895. The summed E-state index contributed by atoms with van der Waals surface area (Å²) < 4.78 is 24.4. The van der Waals surface area contributed by atoms with E-state index in [0.29, 0.717) is 13.0 Å². The van der Waals surface area contributed by atoms with Crippen LogP contribution in [0.5, 0.6) is 0 Å². The van der Waals surface area contributed by atoms with Crippen LogP contribution in [0.4, 0.5) is 0 Å². The molecule has 8 heteroatoms.